The number of hydrogen-bond donors (Lipinski definition) is 2. The number of aliphatic hydroxyl groups is 1. The second-order valence-corrected chi connectivity index (χ2v) is 4.45. The third kappa shape index (κ3) is 2.96. The summed E-state index contributed by atoms with van der Waals surface area (Å²) in [5.41, 5.74) is -0.386. The fourth-order valence-electron chi connectivity index (χ4n) is 1.20. The van der Waals surface area contributed by atoms with E-state index < -0.39 is 11.9 Å². The summed E-state index contributed by atoms with van der Waals surface area (Å²) >= 11 is 0. The van der Waals surface area contributed by atoms with Crippen LogP contribution in [0, 0.1) is 5.92 Å². The topological polar surface area (TPSA) is 60.8 Å². The lowest BCUT2D eigenvalue weighted by Crippen LogP contribution is -2.51. The minimum atomic E-state index is -0.807. The third-order valence-electron chi connectivity index (χ3n) is 3.07. The Morgan fingerprint density at radius 3 is 2.14 bits per heavy atom. The molecule has 0 rings (SSSR count). The highest BCUT2D eigenvalue weighted by molar-refractivity contribution is 5.70. The highest BCUT2D eigenvalue weighted by atomic mass is 16.4. The summed E-state index contributed by atoms with van der Waals surface area (Å²) in [6.07, 6.45) is 0. The molecule has 0 saturated carbocycles. The summed E-state index contributed by atoms with van der Waals surface area (Å²) in [6, 6.07) is -0.102. The van der Waals surface area contributed by atoms with Gasteiger partial charge < -0.3 is 10.2 Å². The lowest BCUT2D eigenvalue weighted by atomic mass is 9.96. The van der Waals surface area contributed by atoms with Gasteiger partial charge in [-0.3, -0.25) is 9.69 Å². The Labute approximate surface area is 85.5 Å². The molecule has 0 radical (unpaired) electrons. The van der Waals surface area contributed by atoms with Crippen LogP contribution in [0.4, 0.5) is 0 Å². The predicted molar refractivity (Wildman–Crippen MR) is 55.2 cm³/mol. The molecule has 0 aromatic rings. The van der Waals surface area contributed by atoms with Gasteiger partial charge in [0, 0.05) is 11.6 Å². The molecule has 0 aliphatic carbocycles. The molecule has 14 heavy (non-hydrogen) atoms. The largest absolute Gasteiger partial charge is 0.481 e. The Hall–Kier alpha value is -0.610. The summed E-state index contributed by atoms with van der Waals surface area (Å²) in [7, 11) is 1.83. The van der Waals surface area contributed by atoms with E-state index in [0.29, 0.717) is 0 Å². The normalized spacial score (nSPS) is 16.8. The number of rotatable bonds is 5. The highest BCUT2D eigenvalue weighted by Gasteiger charge is 2.31. The van der Waals surface area contributed by atoms with E-state index >= 15 is 0 Å². The molecule has 2 N–H and O–H groups in total. The van der Waals surface area contributed by atoms with Crippen molar-refractivity contribution in [2.75, 3.05) is 13.7 Å². The van der Waals surface area contributed by atoms with Gasteiger partial charge in [0.25, 0.3) is 0 Å². The summed E-state index contributed by atoms with van der Waals surface area (Å²) < 4.78 is 0. The van der Waals surface area contributed by atoms with Crippen molar-refractivity contribution in [1.82, 2.24) is 4.90 Å². The highest BCUT2D eigenvalue weighted by Crippen LogP contribution is 2.19. The predicted octanol–water partition coefficient (Wildman–Crippen LogP) is 0.798. The Morgan fingerprint density at radius 1 is 1.43 bits per heavy atom. The van der Waals surface area contributed by atoms with Crippen LogP contribution in [-0.4, -0.2) is 46.3 Å². The zero-order valence-electron chi connectivity index (χ0n) is 9.61. The maximum Gasteiger partial charge on any atom is 0.307 e. The van der Waals surface area contributed by atoms with Crippen molar-refractivity contribution in [3.05, 3.63) is 0 Å². The maximum absolute atomic E-state index is 10.8. The molecule has 0 spiro atoms. The quantitative estimate of drug-likeness (QED) is 0.694. The molecule has 2 atom stereocenters. The van der Waals surface area contributed by atoms with Gasteiger partial charge in [-0.1, -0.05) is 6.92 Å². The number of carbonyl (C=O) groups is 1. The lowest BCUT2D eigenvalue weighted by Gasteiger charge is -2.39. The van der Waals surface area contributed by atoms with Crippen LogP contribution in [0.3, 0.4) is 0 Å². The van der Waals surface area contributed by atoms with E-state index in [-0.39, 0.29) is 18.2 Å². The van der Waals surface area contributed by atoms with Crippen molar-refractivity contribution in [3.63, 3.8) is 0 Å². The fourth-order valence-corrected chi connectivity index (χ4v) is 1.20. The second kappa shape index (κ2) is 4.75. The van der Waals surface area contributed by atoms with Gasteiger partial charge in [0.1, 0.15) is 0 Å². The van der Waals surface area contributed by atoms with E-state index in [1.54, 1.807) is 6.92 Å². The van der Waals surface area contributed by atoms with Gasteiger partial charge in [-0.15, -0.1) is 0 Å². The number of likely N-dealkylation sites (N-methyl/N-ethyl adjacent to an activating group) is 1. The summed E-state index contributed by atoms with van der Waals surface area (Å²) in [5.74, 6) is -1.25. The van der Waals surface area contributed by atoms with Gasteiger partial charge in [0.2, 0.25) is 0 Å². The molecule has 0 aromatic heterocycles. The Balaban J connectivity index is 4.53. The average Bonchev–Trinajstić information content (AvgIpc) is 2.14. The number of nitrogens with zero attached hydrogens (tertiary/aromatic N) is 1. The van der Waals surface area contributed by atoms with Crippen molar-refractivity contribution >= 4 is 5.97 Å². The van der Waals surface area contributed by atoms with Crippen LogP contribution in [0.5, 0.6) is 0 Å². The van der Waals surface area contributed by atoms with E-state index in [4.69, 9.17) is 10.2 Å². The van der Waals surface area contributed by atoms with Crippen LogP contribution in [-0.2, 0) is 4.79 Å². The molecule has 0 saturated heterocycles. The van der Waals surface area contributed by atoms with Crippen LogP contribution < -0.4 is 0 Å². The first-order chi connectivity index (χ1) is 6.24. The summed E-state index contributed by atoms with van der Waals surface area (Å²) in [4.78, 5) is 12.7. The monoisotopic (exact) mass is 203 g/mol. The van der Waals surface area contributed by atoms with Gasteiger partial charge in [-0.25, -0.2) is 0 Å². The Kier molecular flexibility index (Phi) is 4.55. The molecule has 0 aromatic carbocycles. The van der Waals surface area contributed by atoms with E-state index in [1.165, 1.54) is 0 Å². The van der Waals surface area contributed by atoms with E-state index in [1.807, 2.05) is 32.7 Å². The van der Waals surface area contributed by atoms with Gasteiger partial charge >= 0.3 is 5.97 Å². The molecule has 0 bridgehead atoms. The number of carboxylic acid groups (broad SMARTS) is 1. The summed E-state index contributed by atoms with van der Waals surface area (Å²) in [5, 5.41) is 18.0. The molecular weight excluding hydrogens is 182 g/mol. The standard InChI is InChI=1S/C10H21NO3/c1-7(9(13)14)8(2)11(5)10(3,4)6-12/h7-8,12H,6H2,1-5H3,(H,13,14). The maximum atomic E-state index is 10.8. The molecule has 0 aliphatic heterocycles. The van der Waals surface area contributed by atoms with Crippen LogP contribution >= 0.6 is 0 Å². The molecule has 0 aliphatic rings. The average molecular weight is 203 g/mol. The molecule has 2 unspecified atom stereocenters. The molecule has 84 valence electrons. The third-order valence-corrected chi connectivity index (χ3v) is 3.07. The number of carboxylic acids is 1. The molecule has 4 heteroatoms. The van der Waals surface area contributed by atoms with Gasteiger partial charge in [0.15, 0.2) is 0 Å². The number of aliphatic carboxylic acids is 1. The molecule has 0 amide bonds. The van der Waals surface area contributed by atoms with Crippen molar-refractivity contribution in [2.45, 2.75) is 39.3 Å². The number of aliphatic hydroxyl groups excluding tert-OH is 1. The zero-order chi connectivity index (χ0) is 11.5. The molecular formula is C10H21NO3. The molecule has 0 fully saturated rings. The number of hydrogen-bond acceptors (Lipinski definition) is 3. The smallest absolute Gasteiger partial charge is 0.307 e. The van der Waals surface area contributed by atoms with Crippen molar-refractivity contribution in [1.29, 1.82) is 0 Å². The second-order valence-electron chi connectivity index (χ2n) is 4.45. The van der Waals surface area contributed by atoms with E-state index in [2.05, 4.69) is 0 Å². The SMILES string of the molecule is CC(C(=O)O)C(C)N(C)C(C)(C)CO. The van der Waals surface area contributed by atoms with Crippen LogP contribution in [0.15, 0.2) is 0 Å². The van der Waals surface area contributed by atoms with Crippen molar-refractivity contribution in [2.24, 2.45) is 5.92 Å². The zero-order valence-corrected chi connectivity index (χ0v) is 9.61. The van der Waals surface area contributed by atoms with Crippen LogP contribution in [0.1, 0.15) is 27.7 Å². The Morgan fingerprint density at radius 2 is 1.86 bits per heavy atom. The Bertz CT molecular complexity index is 204. The van der Waals surface area contributed by atoms with Crippen LogP contribution in [0.25, 0.3) is 0 Å². The van der Waals surface area contributed by atoms with E-state index in [0.717, 1.165) is 0 Å². The minimum Gasteiger partial charge on any atom is -0.481 e. The minimum absolute atomic E-state index is 0.0141. The molecule has 4 nitrogen and oxygen atoms in total. The van der Waals surface area contributed by atoms with Crippen LogP contribution in [0.2, 0.25) is 0 Å². The van der Waals surface area contributed by atoms with Gasteiger partial charge in [0.05, 0.1) is 12.5 Å². The van der Waals surface area contributed by atoms with Gasteiger partial charge in [-0.2, -0.15) is 0 Å². The fraction of sp³-hybridized carbons (Fsp3) is 0.900. The first-order valence-corrected chi connectivity index (χ1v) is 4.80. The molecule has 0 heterocycles. The van der Waals surface area contributed by atoms with Crippen molar-refractivity contribution in [3.8, 4) is 0 Å². The first-order valence-electron chi connectivity index (χ1n) is 4.80. The van der Waals surface area contributed by atoms with Gasteiger partial charge in [-0.05, 0) is 27.8 Å². The summed E-state index contributed by atoms with van der Waals surface area (Å²) in [6.45, 7) is 7.32. The van der Waals surface area contributed by atoms with Crippen molar-refractivity contribution < 1.29 is 15.0 Å². The lowest BCUT2D eigenvalue weighted by molar-refractivity contribution is -0.144. The first kappa shape index (κ1) is 13.4. The van der Waals surface area contributed by atoms with E-state index in [9.17, 15) is 4.79 Å².